The second kappa shape index (κ2) is 6.29. The molecule has 16 heavy (non-hydrogen) atoms. The Labute approximate surface area is 104 Å². The van der Waals surface area contributed by atoms with Gasteiger partial charge in [0, 0.05) is 12.7 Å². The normalized spacial score (nSPS) is 12.0. The Morgan fingerprint density at radius 3 is 2.75 bits per heavy atom. The molecule has 0 aliphatic rings. The van der Waals surface area contributed by atoms with Crippen LogP contribution >= 0.6 is 11.6 Å². The van der Waals surface area contributed by atoms with E-state index in [1.54, 1.807) is 0 Å². The molecule has 0 spiro atoms. The van der Waals surface area contributed by atoms with Crippen LogP contribution in [0.15, 0.2) is 12.5 Å². The van der Waals surface area contributed by atoms with Gasteiger partial charge in [0.15, 0.2) is 0 Å². The predicted molar refractivity (Wildman–Crippen MR) is 69.7 cm³/mol. The average Bonchev–Trinajstić information content (AvgIpc) is 2.64. The van der Waals surface area contributed by atoms with Crippen molar-refractivity contribution in [2.24, 2.45) is 5.41 Å². The van der Waals surface area contributed by atoms with E-state index in [1.165, 1.54) is 25.7 Å². The average molecular weight is 243 g/mol. The van der Waals surface area contributed by atoms with Crippen molar-refractivity contribution in [1.82, 2.24) is 9.55 Å². The molecular formula is C13H23ClN2. The molecule has 0 saturated carbocycles. The molecule has 2 nitrogen and oxygen atoms in total. The van der Waals surface area contributed by atoms with Crippen LogP contribution in [0.1, 0.15) is 52.1 Å². The summed E-state index contributed by atoms with van der Waals surface area (Å²) in [6.07, 6.45) is 8.94. The molecule has 1 aromatic rings. The summed E-state index contributed by atoms with van der Waals surface area (Å²) < 4.78 is 2.18. The van der Waals surface area contributed by atoms with Crippen molar-refractivity contribution < 1.29 is 0 Å². The lowest BCUT2D eigenvalue weighted by atomic mass is 9.87. The number of nitrogens with zero attached hydrogens (tertiary/aromatic N) is 2. The van der Waals surface area contributed by atoms with Crippen LogP contribution in [0.25, 0.3) is 0 Å². The van der Waals surface area contributed by atoms with E-state index in [2.05, 4.69) is 30.3 Å². The summed E-state index contributed by atoms with van der Waals surface area (Å²) in [7, 11) is 0. The van der Waals surface area contributed by atoms with E-state index in [4.69, 9.17) is 11.6 Å². The monoisotopic (exact) mass is 242 g/mol. The van der Waals surface area contributed by atoms with Crippen molar-refractivity contribution in [3.63, 3.8) is 0 Å². The molecule has 0 aliphatic heterocycles. The molecule has 1 heterocycles. The van der Waals surface area contributed by atoms with Crippen LogP contribution in [0.4, 0.5) is 0 Å². The molecule has 0 N–H and O–H groups in total. The van der Waals surface area contributed by atoms with Gasteiger partial charge in [0.2, 0.25) is 0 Å². The lowest BCUT2D eigenvalue weighted by molar-refractivity contribution is 0.269. The quantitative estimate of drug-likeness (QED) is 0.517. The third-order valence-corrected chi connectivity index (χ3v) is 3.26. The molecule has 0 bridgehead atoms. The highest BCUT2D eigenvalue weighted by Crippen LogP contribution is 2.26. The van der Waals surface area contributed by atoms with E-state index in [9.17, 15) is 0 Å². The zero-order valence-electron chi connectivity index (χ0n) is 10.7. The third kappa shape index (κ3) is 4.17. The molecule has 0 saturated heterocycles. The van der Waals surface area contributed by atoms with Crippen molar-refractivity contribution >= 4 is 11.6 Å². The number of hydrogen-bond acceptors (Lipinski definition) is 1. The fourth-order valence-electron chi connectivity index (χ4n) is 2.00. The smallest absolute Gasteiger partial charge is 0.0948 e. The molecule has 1 rings (SSSR count). The van der Waals surface area contributed by atoms with Gasteiger partial charge in [-0.2, -0.15) is 0 Å². The minimum absolute atomic E-state index is 0.330. The fraction of sp³-hybridized carbons (Fsp3) is 0.769. The van der Waals surface area contributed by atoms with Gasteiger partial charge in [-0.15, -0.1) is 11.6 Å². The maximum absolute atomic E-state index is 5.87. The Balaban J connectivity index is 2.51. The van der Waals surface area contributed by atoms with Gasteiger partial charge in [0.25, 0.3) is 0 Å². The molecule has 0 amide bonds. The zero-order valence-corrected chi connectivity index (χ0v) is 11.4. The third-order valence-electron chi connectivity index (χ3n) is 2.99. The molecule has 0 unspecified atom stereocenters. The van der Waals surface area contributed by atoms with Crippen LogP contribution in [-0.2, 0) is 12.4 Å². The van der Waals surface area contributed by atoms with Crippen LogP contribution in [-0.4, -0.2) is 9.55 Å². The highest BCUT2D eigenvalue weighted by atomic mass is 35.5. The van der Waals surface area contributed by atoms with Gasteiger partial charge in [-0.25, -0.2) is 4.98 Å². The maximum atomic E-state index is 5.87. The first-order chi connectivity index (χ1) is 7.59. The Morgan fingerprint density at radius 1 is 1.38 bits per heavy atom. The Hall–Kier alpha value is -0.500. The largest absolute Gasteiger partial charge is 0.333 e. The van der Waals surface area contributed by atoms with Gasteiger partial charge in [-0.3, -0.25) is 0 Å². The highest BCUT2D eigenvalue weighted by Gasteiger charge is 2.19. The van der Waals surface area contributed by atoms with Crippen molar-refractivity contribution in [2.45, 2.75) is 58.9 Å². The molecule has 0 aromatic carbocycles. The van der Waals surface area contributed by atoms with Crippen LogP contribution in [0.3, 0.4) is 0 Å². The Kier molecular flexibility index (Phi) is 5.33. The standard InChI is InChI=1S/C13H23ClN2/c1-4-5-6-7-13(2,3)10-16-11-15-9-12(16)8-14/h9,11H,4-8,10H2,1-3H3. The number of aromatic nitrogens is 2. The van der Waals surface area contributed by atoms with Crippen LogP contribution in [0.2, 0.25) is 0 Å². The van der Waals surface area contributed by atoms with Crippen LogP contribution in [0, 0.1) is 5.41 Å². The van der Waals surface area contributed by atoms with E-state index < -0.39 is 0 Å². The van der Waals surface area contributed by atoms with E-state index in [0.717, 1.165) is 12.2 Å². The molecular weight excluding hydrogens is 220 g/mol. The topological polar surface area (TPSA) is 17.8 Å². The second-order valence-electron chi connectivity index (χ2n) is 5.27. The first-order valence-electron chi connectivity index (χ1n) is 6.14. The van der Waals surface area contributed by atoms with Crippen molar-refractivity contribution in [3.05, 3.63) is 18.2 Å². The Bertz CT molecular complexity index is 305. The molecule has 0 radical (unpaired) electrons. The summed E-state index contributed by atoms with van der Waals surface area (Å²) >= 11 is 5.87. The number of imidazole rings is 1. The summed E-state index contributed by atoms with van der Waals surface area (Å²) in [5.74, 6) is 0.547. The van der Waals surface area contributed by atoms with Gasteiger partial charge < -0.3 is 4.57 Å². The molecule has 0 fully saturated rings. The number of alkyl halides is 1. The molecule has 92 valence electrons. The first kappa shape index (κ1) is 13.6. The van der Waals surface area contributed by atoms with Gasteiger partial charge in [0.1, 0.15) is 0 Å². The molecule has 0 aliphatic carbocycles. The van der Waals surface area contributed by atoms with E-state index in [1.807, 2.05) is 12.5 Å². The maximum Gasteiger partial charge on any atom is 0.0948 e. The van der Waals surface area contributed by atoms with E-state index in [0.29, 0.717) is 11.3 Å². The minimum atomic E-state index is 0.330. The van der Waals surface area contributed by atoms with Crippen molar-refractivity contribution in [1.29, 1.82) is 0 Å². The van der Waals surface area contributed by atoms with E-state index in [-0.39, 0.29) is 0 Å². The van der Waals surface area contributed by atoms with E-state index >= 15 is 0 Å². The summed E-state index contributed by atoms with van der Waals surface area (Å²) in [4.78, 5) is 4.15. The number of rotatable bonds is 7. The highest BCUT2D eigenvalue weighted by molar-refractivity contribution is 6.16. The minimum Gasteiger partial charge on any atom is -0.333 e. The van der Waals surface area contributed by atoms with Crippen LogP contribution in [0.5, 0.6) is 0 Å². The predicted octanol–water partition coefficient (Wildman–Crippen LogP) is 4.23. The van der Waals surface area contributed by atoms with Gasteiger partial charge >= 0.3 is 0 Å². The van der Waals surface area contributed by atoms with Gasteiger partial charge in [0.05, 0.1) is 17.9 Å². The lowest BCUT2D eigenvalue weighted by Gasteiger charge is -2.25. The van der Waals surface area contributed by atoms with Crippen molar-refractivity contribution in [3.8, 4) is 0 Å². The van der Waals surface area contributed by atoms with Crippen LogP contribution < -0.4 is 0 Å². The lowest BCUT2D eigenvalue weighted by Crippen LogP contribution is -2.20. The zero-order chi connectivity index (χ0) is 12.0. The Morgan fingerprint density at radius 2 is 2.12 bits per heavy atom. The molecule has 1 aromatic heterocycles. The SMILES string of the molecule is CCCCCC(C)(C)Cn1cncc1CCl. The summed E-state index contributed by atoms with van der Waals surface area (Å²) in [6, 6.07) is 0. The first-order valence-corrected chi connectivity index (χ1v) is 6.67. The van der Waals surface area contributed by atoms with Crippen molar-refractivity contribution in [2.75, 3.05) is 0 Å². The molecule has 0 atom stereocenters. The number of unbranched alkanes of at least 4 members (excludes halogenated alkanes) is 2. The van der Waals surface area contributed by atoms with Gasteiger partial charge in [-0.1, -0.05) is 40.0 Å². The second-order valence-corrected chi connectivity index (χ2v) is 5.54. The van der Waals surface area contributed by atoms with Gasteiger partial charge in [-0.05, 0) is 11.8 Å². The fourth-order valence-corrected chi connectivity index (χ4v) is 2.22. The molecule has 3 heteroatoms. The summed E-state index contributed by atoms with van der Waals surface area (Å²) in [6.45, 7) is 7.90. The number of hydrogen-bond donors (Lipinski definition) is 0. The summed E-state index contributed by atoms with van der Waals surface area (Å²) in [5, 5.41) is 0. The summed E-state index contributed by atoms with van der Waals surface area (Å²) in [5.41, 5.74) is 1.45. The number of halogens is 1.